The van der Waals surface area contributed by atoms with Crippen LogP contribution in [0.25, 0.3) is 10.9 Å². The maximum atomic E-state index is 14.2. The maximum Gasteiger partial charge on any atom is 0.258 e. The summed E-state index contributed by atoms with van der Waals surface area (Å²) in [6.07, 6.45) is 1.77. The zero-order chi connectivity index (χ0) is 16.4. The molecule has 3 rings (SSSR count). The number of halogens is 1. The van der Waals surface area contributed by atoms with Crippen molar-refractivity contribution in [3.05, 3.63) is 65.8 Å². The van der Waals surface area contributed by atoms with E-state index in [1.54, 1.807) is 6.08 Å². The highest BCUT2D eigenvalue weighted by atomic mass is 19.1. The van der Waals surface area contributed by atoms with Gasteiger partial charge in [0.1, 0.15) is 12.1 Å². The molecule has 4 nitrogen and oxygen atoms in total. The fourth-order valence-corrected chi connectivity index (χ4v) is 2.71. The molecule has 3 aromatic rings. The SMILES string of the molecule is C=CCn1c(C)c(C)c2c(F)nnc(OCc3ccccc3)c21. The third kappa shape index (κ3) is 2.70. The Hall–Kier alpha value is -2.69. The lowest BCUT2D eigenvalue weighted by Gasteiger charge is -2.10. The number of allylic oxidation sites excluding steroid dienone is 1. The lowest BCUT2D eigenvalue weighted by Crippen LogP contribution is -2.04. The quantitative estimate of drug-likeness (QED) is 0.670. The first-order valence-electron chi connectivity index (χ1n) is 7.42. The van der Waals surface area contributed by atoms with Gasteiger partial charge in [-0.1, -0.05) is 36.4 Å². The van der Waals surface area contributed by atoms with E-state index in [4.69, 9.17) is 4.74 Å². The van der Waals surface area contributed by atoms with Gasteiger partial charge in [-0.15, -0.1) is 16.8 Å². The molecule has 0 bridgehead atoms. The molecule has 0 aliphatic heterocycles. The van der Waals surface area contributed by atoms with Crippen LogP contribution >= 0.6 is 0 Å². The minimum atomic E-state index is -0.574. The van der Waals surface area contributed by atoms with Gasteiger partial charge in [-0.2, -0.15) is 4.39 Å². The molecule has 118 valence electrons. The topological polar surface area (TPSA) is 39.9 Å². The molecule has 0 aliphatic rings. The standard InChI is InChI=1S/C18H18FN3O/c1-4-10-22-13(3)12(2)15-16(22)18(21-20-17(15)19)23-11-14-8-6-5-7-9-14/h4-9H,1,10-11H2,2-3H3. The average Bonchev–Trinajstić information content (AvgIpc) is 2.82. The number of rotatable bonds is 5. The van der Waals surface area contributed by atoms with E-state index >= 15 is 0 Å². The van der Waals surface area contributed by atoms with Gasteiger partial charge < -0.3 is 9.30 Å². The molecular weight excluding hydrogens is 293 g/mol. The van der Waals surface area contributed by atoms with Crippen LogP contribution in [0.5, 0.6) is 5.88 Å². The first-order valence-corrected chi connectivity index (χ1v) is 7.42. The van der Waals surface area contributed by atoms with Gasteiger partial charge in [0, 0.05) is 12.2 Å². The summed E-state index contributed by atoms with van der Waals surface area (Å²) in [4.78, 5) is 0. The summed E-state index contributed by atoms with van der Waals surface area (Å²) < 4.78 is 21.9. The number of aromatic nitrogens is 3. The molecule has 23 heavy (non-hydrogen) atoms. The van der Waals surface area contributed by atoms with E-state index in [0.717, 1.165) is 16.8 Å². The maximum absolute atomic E-state index is 14.2. The first-order chi connectivity index (χ1) is 11.1. The second-order valence-electron chi connectivity index (χ2n) is 5.40. The number of benzene rings is 1. The van der Waals surface area contributed by atoms with Crippen molar-refractivity contribution < 1.29 is 9.13 Å². The zero-order valence-corrected chi connectivity index (χ0v) is 13.2. The van der Waals surface area contributed by atoms with Crippen molar-refractivity contribution in [1.29, 1.82) is 0 Å². The van der Waals surface area contributed by atoms with Crippen molar-refractivity contribution in [2.75, 3.05) is 0 Å². The third-order valence-electron chi connectivity index (χ3n) is 4.00. The van der Waals surface area contributed by atoms with Crippen molar-refractivity contribution in [1.82, 2.24) is 14.8 Å². The summed E-state index contributed by atoms with van der Waals surface area (Å²) in [5, 5.41) is 7.99. The predicted octanol–water partition coefficient (Wildman–Crippen LogP) is 3.95. The summed E-state index contributed by atoms with van der Waals surface area (Å²) in [6.45, 7) is 8.50. The average molecular weight is 311 g/mol. The summed E-state index contributed by atoms with van der Waals surface area (Å²) in [5.41, 5.74) is 3.45. The number of hydrogen-bond acceptors (Lipinski definition) is 3. The van der Waals surface area contributed by atoms with Crippen LogP contribution in [0.15, 0.2) is 43.0 Å². The number of ether oxygens (including phenoxy) is 1. The lowest BCUT2D eigenvalue weighted by molar-refractivity contribution is 0.291. The fraction of sp³-hybridized carbons (Fsp3) is 0.222. The second kappa shape index (κ2) is 6.20. The molecule has 0 fully saturated rings. The first kappa shape index (κ1) is 15.2. The Morgan fingerprint density at radius 1 is 1.22 bits per heavy atom. The van der Waals surface area contributed by atoms with E-state index in [2.05, 4.69) is 16.8 Å². The molecule has 0 saturated carbocycles. The molecule has 0 spiro atoms. The third-order valence-corrected chi connectivity index (χ3v) is 4.00. The molecular formula is C18H18FN3O. The minimum Gasteiger partial charge on any atom is -0.470 e. The Morgan fingerprint density at radius 2 is 1.96 bits per heavy atom. The lowest BCUT2D eigenvalue weighted by atomic mass is 10.2. The van der Waals surface area contributed by atoms with Crippen molar-refractivity contribution in [3.8, 4) is 5.88 Å². The van der Waals surface area contributed by atoms with Gasteiger partial charge in [0.25, 0.3) is 5.88 Å². The number of fused-ring (bicyclic) bond motifs is 1. The molecule has 1 aromatic carbocycles. The Labute approximate surface area is 134 Å². The highest BCUT2D eigenvalue weighted by Gasteiger charge is 2.20. The summed E-state index contributed by atoms with van der Waals surface area (Å²) >= 11 is 0. The van der Waals surface area contributed by atoms with Crippen LogP contribution in [0.2, 0.25) is 0 Å². The van der Waals surface area contributed by atoms with Crippen LogP contribution in [-0.4, -0.2) is 14.8 Å². The van der Waals surface area contributed by atoms with Gasteiger partial charge in [-0.3, -0.25) is 0 Å². The van der Waals surface area contributed by atoms with Crippen molar-refractivity contribution in [3.63, 3.8) is 0 Å². The van der Waals surface area contributed by atoms with E-state index in [1.165, 1.54) is 0 Å². The minimum absolute atomic E-state index is 0.336. The number of aryl methyl sites for hydroxylation is 1. The molecule has 2 aromatic heterocycles. The van der Waals surface area contributed by atoms with Crippen molar-refractivity contribution >= 4 is 10.9 Å². The van der Waals surface area contributed by atoms with Crippen LogP contribution in [0.3, 0.4) is 0 Å². The predicted molar refractivity (Wildman–Crippen MR) is 87.9 cm³/mol. The van der Waals surface area contributed by atoms with E-state index in [1.807, 2.05) is 48.7 Å². The van der Waals surface area contributed by atoms with Crippen LogP contribution < -0.4 is 4.74 Å². The van der Waals surface area contributed by atoms with Crippen LogP contribution in [-0.2, 0) is 13.2 Å². The Bertz CT molecular complexity index is 856. The Balaban J connectivity index is 2.08. The smallest absolute Gasteiger partial charge is 0.258 e. The molecule has 0 amide bonds. The molecule has 0 aliphatic carbocycles. The second-order valence-corrected chi connectivity index (χ2v) is 5.40. The molecule has 0 unspecified atom stereocenters. The Morgan fingerprint density at radius 3 is 2.65 bits per heavy atom. The van der Waals surface area contributed by atoms with Crippen molar-refractivity contribution in [2.24, 2.45) is 0 Å². The monoisotopic (exact) mass is 311 g/mol. The van der Waals surface area contributed by atoms with Crippen molar-refractivity contribution in [2.45, 2.75) is 27.0 Å². The Kier molecular flexibility index (Phi) is 4.10. The summed E-state index contributed by atoms with van der Waals surface area (Å²) in [6, 6.07) is 9.76. The van der Waals surface area contributed by atoms with E-state index < -0.39 is 5.95 Å². The number of hydrogen-bond donors (Lipinski definition) is 0. The largest absolute Gasteiger partial charge is 0.470 e. The van der Waals surface area contributed by atoms with Gasteiger partial charge in [-0.05, 0) is 25.0 Å². The van der Waals surface area contributed by atoms with Crippen LogP contribution in [0.4, 0.5) is 4.39 Å². The van der Waals surface area contributed by atoms with Gasteiger partial charge in [0.2, 0.25) is 5.95 Å². The molecule has 0 N–H and O–H groups in total. The highest BCUT2D eigenvalue weighted by molar-refractivity contribution is 5.88. The van der Waals surface area contributed by atoms with Gasteiger partial charge in [-0.25, -0.2) is 0 Å². The molecule has 0 saturated heterocycles. The van der Waals surface area contributed by atoms with Crippen LogP contribution in [0, 0.1) is 19.8 Å². The molecule has 2 heterocycles. The van der Waals surface area contributed by atoms with Gasteiger partial charge in [0.15, 0.2) is 0 Å². The van der Waals surface area contributed by atoms with E-state index in [0.29, 0.717) is 29.9 Å². The van der Waals surface area contributed by atoms with Crippen LogP contribution in [0.1, 0.15) is 16.8 Å². The number of nitrogens with zero attached hydrogens (tertiary/aromatic N) is 3. The zero-order valence-electron chi connectivity index (χ0n) is 13.2. The van der Waals surface area contributed by atoms with E-state index in [9.17, 15) is 4.39 Å². The molecule has 0 radical (unpaired) electrons. The molecule has 5 heteroatoms. The fourth-order valence-electron chi connectivity index (χ4n) is 2.71. The summed E-state index contributed by atoms with van der Waals surface area (Å²) in [5.74, 6) is -0.237. The highest BCUT2D eigenvalue weighted by Crippen LogP contribution is 2.32. The van der Waals surface area contributed by atoms with Gasteiger partial charge >= 0.3 is 0 Å². The van der Waals surface area contributed by atoms with Gasteiger partial charge in [0.05, 0.1) is 5.39 Å². The normalized spacial score (nSPS) is 10.9. The summed E-state index contributed by atoms with van der Waals surface area (Å²) in [7, 11) is 0. The van der Waals surface area contributed by atoms with E-state index in [-0.39, 0.29) is 0 Å². The molecule has 0 atom stereocenters.